The summed E-state index contributed by atoms with van der Waals surface area (Å²) in [5, 5.41) is -0.406. The van der Waals surface area contributed by atoms with Crippen LogP contribution in [-0.4, -0.2) is 25.0 Å². The summed E-state index contributed by atoms with van der Waals surface area (Å²) >= 11 is 5.38. The van der Waals surface area contributed by atoms with Crippen LogP contribution in [0.4, 0.5) is 0 Å². The molecule has 6 heteroatoms. The van der Waals surface area contributed by atoms with Gasteiger partial charge in [0.15, 0.2) is 0 Å². The molecule has 17 heavy (non-hydrogen) atoms. The maximum Gasteiger partial charge on any atom is 0.228 e. The van der Waals surface area contributed by atoms with Crippen molar-refractivity contribution in [2.24, 2.45) is 5.92 Å². The fourth-order valence-electron chi connectivity index (χ4n) is 1.80. The van der Waals surface area contributed by atoms with Gasteiger partial charge >= 0.3 is 0 Å². The Bertz CT molecular complexity index is 497. The maximum absolute atomic E-state index is 11.5. The van der Waals surface area contributed by atoms with Gasteiger partial charge in [0.2, 0.25) is 10.0 Å². The third-order valence-electron chi connectivity index (χ3n) is 3.15. The standard InChI is InChI=1S/C11H16ClNO3S/c1-8-5-10(8)11-4-3-9(16-11)6-13(2)17(14,15)7-12/h3-4,8,10H,5-7H2,1-2H3. The van der Waals surface area contributed by atoms with E-state index in [1.54, 1.807) is 0 Å². The Balaban J connectivity index is 2.02. The van der Waals surface area contributed by atoms with Gasteiger partial charge in [-0.15, -0.1) is 11.6 Å². The smallest absolute Gasteiger partial charge is 0.228 e. The highest BCUT2D eigenvalue weighted by Crippen LogP contribution is 2.47. The summed E-state index contributed by atoms with van der Waals surface area (Å²) in [6.07, 6.45) is 1.16. The van der Waals surface area contributed by atoms with Gasteiger partial charge in [0.25, 0.3) is 0 Å². The first-order chi connectivity index (χ1) is 7.94. The first kappa shape index (κ1) is 12.9. The van der Waals surface area contributed by atoms with Gasteiger partial charge < -0.3 is 4.42 Å². The number of sulfonamides is 1. The minimum Gasteiger partial charge on any atom is -0.464 e. The third kappa shape index (κ3) is 2.84. The van der Waals surface area contributed by atoms with Gasteiger partial charge in [-0.25, -0.2) is 8.42 Å². The monoisotopic (exact) mass is 277 g/mol. The van der Waals surface area contributed by atoms with Crippen LogP contribution >= 0.6 is 11.6 Å². The maximum atomic E-state index is 11.5. The van der Waals surface area contributed by atoms with Crippen LogP contribution in [0.15, 0.2) is 16.5 Å². The highest BCUT2D eigenvalue weighted by Gasteiger charge is 2.36. The summed E-state index contributed by atoms with van der Waals surface area (Å²) < 4.78 is 29.8. The van der Waals surface area contributed by atoms with Gasteiger partial charge in [0, 0.05) is 13.0 Å². The van der Waals surface area contributed by atoms with Crippen molar-refractivity contribution in [3.8, 4) is 0 Å². The average molecular weight is 278 g/mol. The van der Waals surface area contributed by atoms with Crippen LogP contribution in [0.25, 0.3) is 0 Å². The summed E-state index contributed by atoms with van der Waals surface area (Å²) in [5.74, 6) is 2.82. The molecule has 0 bridgehead atoms. The third-order valence-corrected chi connectivity index (χ3v) is 5.33. The van der Waals surface area contributed by atoms with E-state index in [-0.39, 0.29) is 6.54 Å². The number of furan rings is 1. The molecule has 0 N–H and O–H groups in total. The van der Waals surface area contributed by atoms with Gasteiger partial charge in [-0.2, -0.15) is 4.31 Å². The van der Waals surface area contributed by atoms with Crippen molar-refractivity contribution in [1.29, 1.82) is 0 Å². The molecule has 4 nitrogen and oxygen atoms in total. The minimum atomic E-state index is -3.36. The largest absolute Gasteiger partial charge is 0.464 e. The summed E-state index contributed by atoms with van der Waals surface area (Å²) in [6, 6.07) is 3.77. The Morgan fingerprint density at radius 2 is 2.18 bits per heavy atom. The predicted octanol–water partition coefficient (Wildman–Crippen LogP) is 2.36. The van der Waals surface area contributed by atoms with Crippen LogP contribution in [0, 0.1) is 5.92 Å². The molecule has 1 fully saturated rings. The van der Waals surface area contributed by atoms with Crippen LogP contribution in [0.2, 0.25) is 0 Å². The Morgan fingerprint density at radius 1 is 1.53 bits per heavy atom. The first-order valence-electron chi connectivity index (χ1n) is 5.52. The summed E-state index contributed by atoms with van der Waals surface area (Å²) in [5.41, 5.74) is 0. The molecular formula is C11H16ClNO3S. The Hall–Kier alpha value is -0.520. The second-order valence-corrected chi connectivity index (χ2v) is 7.26. The number of hydrogen-bond acceptors (Lipinski definition) is 3. The molecule has 1 aliphatic carbocycles. The molecule has 1 heterocycles. The van der Waals surface area contributed by atoms with Crippen molar-refractivity contribution in [1.82, 2.24) is 4.31 Å². The van der Waals surface area contributed by atoms with E-state index in [0.717, 1.165) is 12.2 Å². The Kier molecular flexibility index (Phi) is 3.52. The number of nitrogens with zero attached hydrogens (tertiary/aromatic N) is 1. The van der Waals surface area contributed by atoms with Crippen LogP contribution in [-0.2, 0) is 16.6 Å². The van der Waals surface area contributed by atoms with Crippen LogP contribution < -0.4 is 0 Å². The Morgan fingerprint density at radius 3 is 2.71 bits per heavy atom. The van der Waals surface area contributed by atoms with E-state index in [0.29, 0.717) is 17.6 Å². The van der Waals surface area contributed by atoms with E-state index < -0.39 is 15.2 Å². The SMILES string of the molecule is CC1CC1c1ccc(CN(C)S(=O)(=O)CCl)o1. The molecule has 96 valence electrons. The molecule has 2 rings (SSSR count). The van der Waals surface area contributed by atoms with Crippen molar-refractivity contribution in [3.63, 3.8) is 0 Å². The topological polar surface area (TPSA) is 50.5 Å². The lowest BCUT2D eigenvalue weighted by Gasteiger charge is -2.13. The fourth-order valence-corrected chi connectivity index (χ4v) is 2.79. The second-order valence-electron chi connectivity index (χ2n) is 4.60. The zero-order valence-corrected chi connectivity index (χ0v) is 11.5. The molecule has 1 aromatic rings. The average Bonchev–Trinajstić information content (AvgIpc) is 2.83. The van der Waals surface area contributed by atoms with Crippen molar-refractivity contribution in [3.05, 3.63) is 23.7 Å². The highest BCUT2D eigenvalue weighted by atomic mass is 35.5. The fraction of sp³-hybridized carbons (Fsp3) is 0.636. The quantitative estimate of drug-likeness (QED) is 0.777. The molecule has 0 aromatic carbocycles. The van der Waals surface area contributed by atoms with E-state index in [2.05, 4.69) is 6.92 Å². The zero-order chi connectivity index (χ0) is 12.6. The molecule has 0 amide bonds. The molecule has 0 aliphatic heterocycles. The van der Waals surface area contributed by atoms with Gasteiger partial charge in [-0.05, 0) is 24.5 Å². The van der Waals surface area contributed by atoms with Crippen LogP contribution in [0.1, 0.15) is 30.8 Å². The molecule has 2 unspecified atom stereocenters. The van der Waals surface area contributed by atoms with E-state index in [9.17, 15) is 8.42 Å². The van der Waals surface area contributed by atoms with Crippen LogP contribution in [0.3, 0.4) is 0 Å². The number of rotatable bonds is 5. The van der Waals surface area contributed by atoms with Crippen molar-refractivity contribution in [2.75, 3.05) is 12.3 Å². The minimum absolute atomic E-state index is 0.232. The van der Waals surface area contributed by atoms with Gasteiger partial charge in [0.1, 0.15) is 16.7 Å². The summed E-state index contributed by atoms with van der Waals surface area (Å²) in [6.45, 7) is 2.41. The zero-order valence-electron chi connectivity index (χ0n) is 9.89. The lowest BCUT2D eigenvalue weighted by molar-refractivity contribution is 0.391. The highest BCUT2D eigenvalue weighted by molar-refractivity contribution is 7.90. The number of hydrogen-bond donors (Lipinski definition) is 0. The molecule has 1 aliphatic rings. The summed E-state index contributed by atoms with van der Waals surface area (Å²) in [4.78, 5) is 0. The van der Waals surface area contributed by atoms with E-state index in [1.165, 1.54) is 11.4 Å². The van der Waals surface area contributed by atoms with Gasteiger partial charge in [0.05, 0.1) is 6.54 Å². The molecule has 1 aromatic heterocycles. The van der Waals surface area contributed by atoms with E-state index >= 15 is 0 Å². The molecule has 1 saturated carbocycles. The van der Waals surface area contributed by atoms with Crippen molar-refractivity contribution in [2.45, 2.75) is 25.8 Å². The molecular weight excluding hydrogens is 262 g/mol. The van der Waals surface area contributed by atoms with Crippen LogP contribution in [0.5, 0.6) is 0 Å². The normalized spacial score (nSPS) is 24.2. The predicted molar refractivity (Wildman–Crippen MR) is 66.3 cm³/mol. The van der Waals surface area contributed by atoms with Gasteiger partial charge in [-0.3, -0.25) is 0 Å². The number of alkyl halides is 1. The van der Waals surface area contributed by atoms with Crippen molar-refractivity contribution < 1.29 is 12.8 Å². The molecule has 0 radical (unpaired) electrons. The first-order valence-corrected chi connectivity index (χ1v) is 7.67. The van der Waals surface area contributed by atoms with Crippen molar-refractivity contribution >= 4 is 21.6 Å². The van der Waals surface area contributed by atoms with Gasteiger partial charge in [-0.1, -0.05) is 6.92 Å². The Labute approximate surface area is 107 Å². The second kappa shape index (κ2) is 4.63. The molecule has 0 spiro atoms. The lowest BCUT2D eigenvalue weighted by atomic mass is 10.3. The molecule has 0 saturated heterocycles. The van der Waals surface area contributed by atoms with E-state index in [4.69, 9.17) is 16.0 Å². The lowest BCUT2D eigenvalue weighted by Crippen LogP contribution is -2.26. The summed E-state index contributed by atoms with van der Waals surface area (Å²) in [7, 11) is -1.86. The number of halogens is 1. The van der Waals surface area contributed by atoms with E-state index in [1.807, 2.05) is 12.1 Å². The molecule has 2 atom stereocenters.